The molecule has 1 aliphatic rings. The fourth-order valence-electron chi connectivity index (χ4n) is 3.68. The van der Waals surface area contributed by atoms with Gasteiger partial charge in [0, 0.05) is 37.9 Å². The Morgan fingerprint density at radius 1 is 1.00 bits per heavy atom. The molecule has 4 rings (SSSR count). The van der Waals surface area contributed by atoms with Crippen LogP contribution in [0.1, 0.15) is 35.0 Å². The summed E-state index contributed by atoms with van der Waals surface area (Å²) < 4.78 is 2.28. The van der Waals surface area contributed by atoms with Gasteiger partial charge < -0.3 is 9.47 Å². The molecule has 27 heavy (non-hydrogen) atoms. The van der Waals surface area contributed by atoms with E-state index in [4.69, 9.17) is 0 Å². The van der Waals surface area contributed by atoms with Gasteiger partial charge in [0.2, 0.25) is 5.91 Å². The first kappa shape index (κ1) is 17.5. The van der Waals surface area contributed by atoms with Gasteiger partial charge in [0.1, 0.15) is 5.82 Å². The number of amides is 1. The normalized spacial score (nSPS) is 14.2. The second-order valence-electron chi connectivity index (χ2n) is 7.31. The minimum Gasteiger partial charge on any atom is -0.341 e. The standard InChI is InChI=1S/C23H25N3O/c1-18-14-24-23(26(18)15-20-10-6-3-7-11-20)21-16-25(17-21)22(27)13-12-19-8-4-2-5-9-19/h2-11,14,21H,12-13,15-17H2,1H3. The zero-order chi connectivity index (χ0) is 18.6. The van der Waals surface area contributed by atoms with Crippen molar-refractivity contribution in [2.24, 2.45) is 0 Å². The zero-order valence-electron chi connectivity index (χ0n) is 15.7. The average molecular weight is 359 g/mol. The molecule has 138 valence electrons. The van der Waals surface area contributed by atoms with Gasteiger partial charge in [0.05, 0.1) is 5.92 Å². The van der Waals surface area contributed by atoms with Crippen molar-refractivity contribution in [3.05, 3.63) is 89.5 Å². The number of carbonyl (C=O) groups excluding carboxylic acids is 1. The summed E-state index contributed by atoms with van der Waals surface area (Å²) in [7, 11) is 0. The molecule has 1 aliphatic heterocycles. The first-order valence-corrected chi connectivity index (χ1v) is 9.58. The van der Waals surface area contributed by atoms with Crippen molar-refractivity contribution >= 4 is 5.91 Å². The second-order valence-corrected chi connectivity index (χ2v) is 7.31. The zero-order valence-corrected chi connectivity index (χ0v) is 15.7. The summed E-state index contributed by atoms with van der Waals surface area (Å²) in [5.41, 5.74) is 3.66. The largest absolute Gasteiger partial charge is 0.341 e. The lowest BCUT2D eigenvalue weighted by Gasteiger charge is -2.39. The van der Waals surface area contributed by atoms with Crippen LogP contribution in [-0.4, -0.2) is 33.4 Å². The van der Waals surface area contributed by atoms with Gasteiger partial charge in [0.25, 0.3) is 0 Å². The molecule has 0 spiro atoms. The lowest BCUT2D eigenvalue weighted by atomic mass is 9.97. The molecule has 4 heteroatoms. The molecule has 0 bridgehead atoms. The minimum absolute atomic E-state index is 0.244. The Kier molecular flexibility index (Phi) is 5.05. The number of carbonyl (C=O) groups is 1. The van der Waals surface area contributed by atoms with Crippen LogP contribution in [0.15, 0.2) is 66.9 Å². The quantitative estimate of drug-likeness (QED) is 0.671. The van der Waals surface area contributed by atoms with Crippen molar-refractivity contribution < 1.29 is 4.79 Å². The number of hydrogen-bond acceptors (Lipinski definition) is 2. The van der Waals surface area contributed by atoms with E-state index in [1.165, 1.54) is 16.8 Å². The smallest absolute Gasteiger partial charge is 0.222 e. The molecule has 0 unspecified atom stereocenters. The second kappa shape index (κ2) is 7.78. The van der Waals surface area contributed by atoms with Gasteiger partial charge >= 0.3 is 0 Å². The van der Waals surface area contributed by atoms with Gasteiger partial charge in [-0.1, -0.05) is 60.7 Å². The fraction of sp³-hybridized carbons (Fsp3) is 0.304. The number of nitrogens with zero attached hydrogens (tertiary/aromatic N) is 3. The third-order valence-electron chi connectivity index (χ3n) is 5.34. The molecule has 1 saturated heterocycles. The maximum atomic E-state index is 12.5. The van der Waals surface area contributed by atoms with E-state index in [2.05, 4.69) is 52.9 Å². The topological polar surface area (TPSA) is 38.1 Å². The average Bonchev–Trinajstić information content (AvgIpc) is 3.01. The van der Waals surface area contributed by atoms with Gasteiger partial charge in [-0.15, -0.1) is 0 Å². The summed E-state index contributed by atoms with van der Waals surface area (Å²) >= 11 is 0. The summed E-state index contributed by atoms with van der Waals surface area (Å²) in [6.45, 7) is 4.49. The van der Waals surface area contributed by atoms with Crippen LogP contribution in [0, 0.1) is 6.92 Å². The van der Waals surface area contributed by atoms with Crippen molar-refractivity contribution in [3.63, 3.8) is 0 Å². The summed E-state index contributed by atoms with van der Waals surface area (Å²) in [6, 6.07) is 20.7. The summed E-state index contributed by atoms with van der Waals surface area (Å²) in [6.07, 6.45) is 3.33. The Morgan fingerprint density at radius 2 is 1.63 bits per heavy atom. The third-order valence-corrected chi connectivity index (χ3v) is 5.34. The Labute approximate surface area is 160 Å². The van der Waals surface area contributed by atoms with Crippen molar-refractivity contribution in [1.29, 1.82) is 0 Å². The third kappa shape index (κ3) is 3.95. The molecular formula is C23H25N3O. The summed E-state index contributed by atoms with van der Waals surface area (Å²) in [4.78, 5) is 19.1. The van der Waals surface area contributed by atoms with Gasteiger partial charge in [-0.25, -0.2) is 4.98 Å². The molecule has 2 aromatic carbocycles. The summed E-state index contributed by atoms with van der Waals surface area (Å²) in [5.74, 6) is 1.68. The maximum Gasteiger partial charge on any atom is 0.222 e. The van der Waals surface area contributed by atoms with Gasteiger partial charge in [0.15, 0.2) is 0 Å². The van der Waals surface area contributed by atoms with E-state index in [-0.39, 0.29) is 5.91 Å². The van der Waals surface area contributed by atoms with Crippen LogP contribution >= 0.6 is 0 Å². The van der Waals surface area contributed by atoms with Gasteiger partial charge in [-0.2, -0.15) is 0 Å². The van der Waals surface area contributed by atoms with E-state index >= 15 is 0 Å². The van der Waals surface area contributed by atoms with E-state index in [1.54, 1.807) is 0 Å². The molecule has 1 amide bonds. The van der Waals surface area contributed by atoms with Gasteiger partial charge in [-0.3, -0.25) is 4.79 Å². The van der Waals surface area contributed by atoms with Crippen LogP contribution in [0.25, 0.3) is 0 Å². The van der Waals surface area contributed by atoms with Gasteiger partial charge in [-0.05, 0) is 24.5 Å². The highest BCUT2D eigenvalue weighted by Crippen LogP contribution is 2.28. The summed E-state index contributed by atoms with van der Waals surface area (Å²) in [5, 5.41) is 0. The lowest BCUT2D eigenvalue weighted by Crippen LogP contribution is -2.49. The van der Waals surface area contributed by atoms with Crippen LogP contribution in [0.4, 0.5) is 0 Å². The van der Waals surface area contributed by atoms with Crippen LogP contribution < -0.4 is 0 Å². The fourth-order valence-corrected chi connectivity index (χ4v) is 3.68. The van der Waals surface area contributed by atoms with Crippen molar-refractivity contribution in [1.82, 2.24) is 14.5 Å². The van der Waals surface area contributed by atoms with Crippen molar-refractivity contribution in [2.45, 2.75) is 32.2 Å². The van der Waals surface area contributed by atoms with Crippen molar-refractivity contribution in [2.75, 3.05) is 13.1 Å². The predicted molar refractivity (Wildman–Crippen MR) is 107 cm³/mol. The molecule has 1 fully saturated rings. The monoisotopic (exact) mass is 359 g/mol. The van der Waals surface area contributed by atoms with Crippen LogP contribution in [0.2, 0.25) is 0 Å². The molecule has 0 radical (unpaired) electrons. The number of aromatic nitrogens is 2. The molecule has 0 aliphatic carbocycles. The lowest BCUT2D eigenvalue weighted by molar-refractivity contribution is -0.135. The van der Waals surface area contributed by atoms with Crippen LogP contribution in [0.5, 0.6) is 0 Å². The van der Waals surface area contributed by atoms with Crippen molar-refractivity contribution in [3.8, 4) is 0 Å². The Bertz CT molecular complexity index is 896. The molecule has 3 aromatic rings. The minimum atomic E-state index is 0.244. The number of likely N-dealkylation sites (tertiary alicyclic amines) is 1. The highest BCUT2D eigenvalue weighted by Gasteiger charge is 2.34. The highest BCUT2D eigenvalue weighted by atomic mass is 16.2. The van der Waals surface area contributed by atoms with E-state index in [0.29, 0.717) is 12.3 Å². The number of aryl methyl sites for hydroxylation is 2. The molecular weight excluding hydrogens is 334 g/mol. The first-order chi connectivity index (χ1) is 13.2. The predicted octanol–water partition coefficient (Wildman–Crippen LogP) is 3.80. The molecule has 2 heterocycles. The molecule has 0 N–H and O–H groups in total. The van der Waals surface area contributed by atoms with E-state index < -0.39 is 0 Å². The van der Waals surface area contributed by atoms with Crippen LogP contribution in [0.3, 0.4) is 0 Å². The number of rotatable bonds is 6. The Hall–Kier alpha value is -2.88. The Morgan fingerprint density at radius 3 is 2.30 bits per heavy atom. The highest BCUT2D eigenvalue weighted by molar-refractivity contribution is 5.77. The number of benzene rings is 2. The first-order valence-electron chi connectivity index (χ1n) is 9.58. The van der Waals surface area contributed by atoms with E-state index in [1.807, 2.05) is 35.4 Å². The number of imidazole rings is 1. The molecule has 0 saturated carbocycles. The Balaban J connectivity index is 1.35. The van der Waals surface area contributed by atoms with E-state index in [9.17, 15) is 4.79 Å². The maximum absolute atomic E-state index is 12.5. The molecule has 1 aromatic heterocycles. The SMILES string of the molecule is Cc1cnc(C2CN(C(=O)CCc3ccccc3)C2)n1Cc1ccccc1. The van der Waals surface area contributed by atoms with E-state index in [0.717, 1.165) is 31.9 Å². The molecule has 0 atom stereocenters. The van der Waals surface area contributed by atoms with Crippen LogP contribution in [-0.2, 0) is 17.8 Å². The molecule has 4 nitrogen and oxygen atoms in total. The number of hydrogen-bond donors (Lipinski definition) is 0.